The van der Waals surface area contributed by atoms with Crippen molar-refractivity contribution in [3.05, 3.63) is 89.3 Å². The maximum atomic E-state index is 9.56. The zero-order valence-electron chi connectivity index (χ0n) is 17.2. The minimum Gasteiger partial charge on any atom is -0.339 e. The van der Waals surface area contributed by atoms with Gasteiger partial charge in [0.15, 0.2) is 0 Å². The van der Waals surface area contributed by atoms with E-state index in [1.54, 1.807) is 0 Å². The lowest BCUT2D eigenvalue weighted by Gasteiger charge is -2.39. The minimum atomic E-state index is -0.662. The van der Waals surface area contributed by atoms with E-state index in [0.29, 0.717) is 5.92 Å². The lowest BCUT2D eigenvalue weighted by Crippen LogP contribution is -2.40. The maximum absolute atomic E-state index is 9.56. The molecule has 1 saturated carbocycles. The molecule has 1 aliphatic carbocycles. The van der Waals surface area contributed by atoms with E-state index in [2.05, 4.69) is 90.4 Å². The van der Waals surface area contributed by atoms with Crippen molar-refractivity contribution in [2.45, 2.75) is 51.7 Å². The van der Waals surface area contributed by atoms with Crippen molar-refractivity contribution in [1.29, 1.82) is 0 Å². The number of fused-ring (bicyclic) bond motifs is 1. The lowest BCUT2D eigenvalue weighted by molar-refractivity contribution is 0.201. The van der Waals surface area contributed by atoms with Crippen molar-refractivity contribution in [3.8, 4) is 0 Å². The Morgan fingerprint density at radius 3 is 2.37 bits per heavy atom. The van der Waals surface area contributed by atoms with Crippen molar-refractivity contribution in [1.82, 2.24) is 4.90 Å². The van der Waals surface area contributed by atoms with Crippen LogP contribution in [0.5, 0.6) is 0 Å². The van der Waals surface area contributed by atoms with Gasteiger partial charge in [-0.15, -0.1) is 0 Å². The summed E-state index contributed by atoms with van der Waals surface area (Å²) in [6.07, 6.45) is 9.20. The molecule has 3 aliphatic rings. The highest BCUT2D eigenvalue weighted by atomic mass is 15.4. The molecule has 2 heteroatoms. The number of aryl methyl sites for hydroxylation is 1. The number of para-hydroxylation sites is 1. The van der Waals surface area contributed by atoms with Gasteiger partial charge in [-0.25, -0.2) is 0 Å². The number of allylic oxidation sites excluding steroid dienone is 2. The Labute approximate surface area is 164 Å². The van der Waals surface area contributed by atoms with E-state index in [9.17, 15) is 1.37 Å². The lowest BCUT2D eigenvalue weighted by atomic mass is 9.96. The summed E-state index contributed by atoms with van der Waals surface area (Å²) in [6.45, 7) is 4.39. The Kier molecular flexibility index (Phi) is 3.80. The Morgan fingerprint density at radius 2 is 1.63 bits per heavy atom. The van der Waals surface area contributed by atoms with Gasteiger partial charge in [0.05, 0.1) is 13.1 Å². The fourth-order valence-electron chi connectivity index (χ4n) is 5.08. The molecule has 1 fully saturated rings. The standard InChI is InChI=1S/C25H28N2/c1-18-10-6-9-15-22(18)26-19(2)23-16-17-24(20-11-7-8-12-20)27(23)25(26)21-13-4-3-5-14-21/h3-6,9-10,13-17,20,24-25H,7-8,11-12H2,1-2H3/i24D. The Hall–Kier alpha value is -2.48. The first-order valence-corrected chi connectivity index (χ1v) is 10.2. The fraction of sp³-hybridized carbons (Fsp3) is 0.360. The molecular formula is C25H28N2. The van der Waals surface area contributed by atoms with Gasteiger partial charge in [0.2, 0.25) is 0 Å². The van der Waals surface area contributed by atoms with Crippen LogP contribution in [0.3, 0.4) is 0 Å². The summed E-state index contributed by atoms with van der Waals surface area (Å²) >= 11 is 0. The molecule has 2 aromatic carbocycles. The van der Waals surface area contributed by atoms with Crippen LogP contribution in [0.2, 0.25) is 0 Å². The second-order valence-corrected chi connectivity index (χ2v) is 8.02. The second kappa shape index (κ2) is 6.60. The van der Waals surface area contributed by atoms with Gasteiger partial charge in [-0.2, -0.15) is 0 Å². The van der Waals surface area contributed by atoms with Crippen molar-refractivity contribution in [2.24, 2.45) is 5.92 Å². The third kappa shape index (κ3) is 2.62. The van der Waals surface area contributed by atoms with Crippen LogP contribution in [0.4, 0.5) is 5.69 Å². The summed E-state index contributed by atoms with van der Waals surface area (Å²) in [7, 11) is 0. The molecular weight excluding hydrogens is 328 g/mol. The van der Waals surface area contributed by atoms with E-state index in [-0.39, 0.29) is 6.17 Å². The molecule has 0 bridgehead atoms. The zero-order chi connectivity index (χ0) is 19.3. The number of anilines is 1. The van der Waals surface area contributed by atoms with Gasteiger partial charge >= 0.3 is 0 Å². The van der Waals surface area contributed by atoms with Crippen LogP contribution in [0.1, 0.15) is 51.3 Å². The van der Waals surface area contributed by atoms with Crippen molar-refractivity contribution >= 4 is 5.69 Å². The summed E-state index contributed by atoms with van der Waals surface area (Å²) in [5.41, 5.74) is 6.20. The third-order valence-electron chi connectivity index (χ3n) is 6.42. The van der Waals surface area contributed by atoms with Gasteiger partial charge in [0.1, 0.15) is 6.17 Å². The summed E-state index contributed by atoms with van der Waals surface area (Å²) < 4.78 is 9.56. The minimum absolute atomic E-state index is 0.0189. The summed E-state index contributed by atoms with van der Waals surface area (Å²) in [5.74, 6) is 0.400. The van der Waals surface area contributed by atoms with E-state index < -0.39 is 6.02 Å². The highest BCUT2D eigenvalue weighted by Crippen LogP contribution is 2.50. The second-order valence-electron chi connectivity index (χ2n) is 8.02. The van der Waals surface area contributed by atoms with E-state index in [0.717, 1.165) is 12.8 Å². The van der Waals surface area contributed by atoms with Crippen LogP contribution < -0.4 is 4.90 Å². The normalized spacial score (nSPS) is 28.2. The topological polar surface area (TPSA) is 6.48 Å². The number of hydrogen-bond donors (Lipinski definition) is 0. The molecule has 2 nitrogen and oxygen atoms in total. The Morgan fingerprint density at radius 1 is 0.926 bits per heavy atom. The van der Waals surface area contributed by atoms with Gasteiger partial charge in [0, 0.05) is 11.4 Å². The van der Waals surface area contributed by atoms with Crippen molar-refractivity contribution in [3.63, 3.8) is 0 Å². The van der Waals surface area contributed by atoms with Crippen LogP contribution in [0, 0.1) is 12.8 Å². The molecule has 5 rings (SSSR count). The first-order valence-electron chi connectivity index (χ1n) is 10.7. The van der Waals surface area contributed by atoms with Gasteiger partial charge in [0.25, 0.3) is 0 Å². The van der Waals surface area contributed by atoms with Crippen molar-refractivity contribution < 1.29 is 1.37 Å². The van der Waals surface area contributed by atoms with Crippen LogP contribution in [-0.2, 0) is 0 Å². The molecule has 2 aromatic rings. The number of rotatable bonds is 3. The molecule has 2 atom stereocenters. The van der Waals surface area contributed by atoms with Gasteiger partial charge in [-0.3, -0.25) is 0 Å². The maximum Gasteiger partial charge on any atom is 0.133 e. The predicted octanol–water partition coefficient (Wildman–Crippen LogP) is 6.18. The van der Waals surface area contributed by atoms with E-state index in [1.165, 1.54) is 41.1 Å². The van der Waals surface area contributed by atoms with Crippen LogP contribution in [0.25, 0.3) is 0 Å². The molecule has 2 aliphatic heterocycles. The number of nitrogens with zero attached hydrogens (tertiary/aromatic N) is 2. The summed E-state index contributed by atoms with van der Waals surface area (Å²) in [4.78, 5) is 4.84. The van der Waals surface area contributed by atoms with Crippen LogP contribution in [0.15, 0.2) is 78.1 Å². The van der Waals surface area contributed by atoms with Crippen LogP contribution in [-0.4, -0.2) is 10.9 Å². The van der Waals surface area contributed by atoms with Gasteiger partial charge < -0.3 is 9.80 Å². The average molecular weight is 358 g/mol. The van der Waals surface area contributed by atoms with E-state index >= 15 is 0 Å². The highest BCUT2D eigenvalue weighted by Gasteiger charge is 2.45. The monoisotopic (exact) mass is 357 g/mol. The van der Waals surface area contributed by atoms with E-state index in [1.807, 2.05) is 0 Å². The van der Waals surface area contributed by atoms with Gasteiger partial charge in [-0.05, 0) is 55.9 Å². The molecule has 2 unspecified atom stereocenters. The molecule has 27 heavy (non-hydrogen) atoms. The average Bonchev–Trinajstić information content (AvgIpc) is 3.42. The van der Waals surface area contributed by atoms with E-state index in [4.69, 9.17) is 0 Å². The number of hydrogen-bond acceptors (Lipinski definition) is 2. The fourth-order valence-corrected chi connectivity index (χ4v) is 5.08. The molecule has 0 amide bonds. The molecule has 0 saturated heterocycles. The third-order valence-corrected chi connectivity index (χ3v) is 6.42. The van der Waals surface area contributed by atoms with Crippen molar-refractivity contribution in [2.75, 3.05) is 4.90 Å². The Bertz CT molecular complexity index is 942. The Balaban J connectivity index is 1.68. The number of benzene rings is 2. The summed E-state index contributed by atoms with van der Waals surface area (Å²) in [6, 6.07) is 18.7. The SMILES string of the molecule is [2H]C1(C2CCCC2)C=CC2=C(C)N(c3ccccc3C)C(c3ccccc3)N21. The van der Waals surface area contributed by atoms with Gasteiger partial charge in [-0.1, -0.05) is 67.4 Å². The summed E-state index contributed by atoms with van der Waals surface area (Å²) in [5, 5.41) is 0. The zero-order valence-corrected chi connectivity index (χ0v) is 16.2. The molecule has 2 heterocycles. The highest BCUT2D eigenvalue weighted by molar-refractivity contribution is 5.63. The smallest absolute Gasteiger partial charge is 0.133 e. The molecule has 138 valence electrons. The first-order chi connectivity index (χ1) is 13.6. The molecule has 0 radical (unpaired) electrons. The molecule has 0 spiro atoms. The largest absolute Gasteiger partial charge is 0.339 e. The van der Waals surface area contributed by atoms with Crippen LogP contribution >= 0.6 is 0 Å². The first kappa shape index (κ1) is 15.6. The molecule has 0 N–H and O–H groups in total. The molecule has 0 aromatic heterocycles. The quantitative estimate of drug-likeness (QED) is 0.647. The predicted molar refractivity (Wildman–Crippen MR) is 112 cm³/mol.